The first-order valence-corrected chi connectivity index (χ1v) is 5.55. The third kappa shape index (κ3) is 2.58. The molecule has 1 nitrogen and oxygen atoms in total. The Bertz CT molecular complexity index is 285. The lowest BCUT2D eigenvalue weighted by Gasteiger charge is -2.12. The van der Waals surface area contributed by atoms with Crippen molar-refractivity contribution in [2.75, 3.05) is 6.54 Å². The summed E-state index contributed by atoms with van der Waals surface area (Å²) >= 11 is 0. The van der Waals surface area contributed by atoms with Crippen molar-refractivity contribution in [3.8, 4) is 0 Å². The van der Waals surface area contributed by atoms with Crippen molar-refractivity contribution in [2.24, 2.45) is 0 Å². The van der Waals surface area contributed by atoms with Crippen LogP contribution in [0.3, 0.4) is 0 Å². The summed E-state index contributed by atoms with van der Waals surface area (Å²) in [5.74, 6) is 0.635. The summed E-state index contributed by atoms with van der Waals surface area (Å²) in [6.45, 7) is 5.55. The van der Waals surface area contributed by atoms with Gasteiger partial charge in [-0.05, 0) is 31.2 Å². The van der Waals surface area contributed by atoms with Crippen LogP contribution >= 0.6 is 0 Å². The fourth-order valence-corrected chi connectivity index (χ4v) is 1.64. The van der Waals surface area contributed by atoms with Crippen LogP contribution in [-0.4, -0.2) is 12.6 Å². The van der Waals surface area contributed by atoms with Crippen LogP contribution in [0.5, 0.6) is 0 Å². The molecule has 0 spiro atoms. The first-order valence-electron chi connectivity index (χ1n) is 5.55. The minimum absolute atomic E-state index is 0.635. The summed E-state index contributed by atoms with van der Waals surface area (Å²) in [5, 5.41) is 3.57. The largest absolute Gasteiger partial charge is 0.313 e. The normalized spacial score (nSPS) is 18.1. The van der Waals surface area contributed by atoms with Gasteiger partial charge in [-0.25, -0.2) is 0 Å². The summed E-state index contributed by atoms with van der Waals surface area (Å²) in [5.41, 5.74) is 2.79. The topological polar surface area (TPSA) is 12.0 Å². The molecule has 0 saturated heterocycles. The van der Waals surface area contributed by atoms with E-state index in [1.54, 1.807) is 0 Å². The molecule has 14 heavy (non-hydrogen) atoms. The molecular formula is C13H19N. The number of aryl methyl sites for hydroxylation is 1. The zero-order valence-corrected chi connectivity index (χ0v) is 9.09. The van der Waals surface area contributed by atoms with Gasteiger partial charge in [-0.3, -0.25) is 0 Å². The van der Waals surface area contributed by atoms with Gasteiger partial charge in [0.05, 0.1) is 0 Å². The Labute approximate surface area is 86.5 Å². The molecule has 1 aromatic carbocycles. The lowest BCUT2D eigenvalue weighted by molar-refractivity contribution is 0.612. The molecule has 2 rings (SSSR count). The van der Waals surface area contributed by atoms with Gasteiger partial charge in [0.25, 0.3) is 0 Å². The maximum absolute atomic E-state index is 3.57. The third-order valence-corrected chi connectivity index (χ3v) is 2.94. The van der Waals surface area contributed by atoms with E-state index in [9.17, 15) is 0 Å². The van der Waals surface area contributed by atoms with Crippen LogP contribution < -0.4 is 5.32 Å². The van der Waals surface area contributed by atoms with Crippen LogP contribution in [0.25, 0.3) is 0 Å². The molecule has 1 fully saturated rings. The average molecular weight is 189 g/mol. The van der Waals surface area contributed by atoms with E-state index in [0.717, 1.165) is 12.6 Å². The van der Waals surface area contributed by atoms with Gasteiger partial charge in [-0.2, -0.15) is 0 Å². The zero-order valence-electron chi connectivity index (χ0n) is 9.09. The molecule has 1 aromatic rings. The molecule has 0 aliphatic heterocycles. The van der Waals surface area contributed by atoms with E-state index >= 15 is 0 Å². The highest BCUT2D eigenvalue weighted by molar-refractivity contribution is 5.24. The van der Waals surface area contributed by atoms with Crippen molar-refractivity contribution in [1.29, 1.82) is 0 Å². The summed E-state index contributed by atoms with van der Waals surface area (Å²) < 4.78 is 0. The van der Waals surface area contributed by atoms with Crippen molar-refractivity contribution in [3.05, 3.63) is 35.4 Å². The van der Waals surface area contributed by atoms with E-state index in [-0.39, 0.29) is 0 Å². The zero-order chi connectivity index (χ0) is 9.97. The van der Waals surface area contributed by atoms with E-state index in [1.165, 1.54) is 24.0 Å². The molecule has 1 heteroatoms. The van der Waals surface area contributed by atoms with Gasteiger partial charge in [-0.15, -0.1) is 0 Å². The highest BCUT2D eigenvalue weighted by Crippen LogP contribution is 2.21. The van der Waals surface area contributed by atoms with Gasteiger partial charge >= 0.3 is 0 Å². The van der Waals surface area contributed by atoms with E-state index in [0.29, 0.717) is 5.92 Å². The quantitative estimate of drug-likeness (QED) is 0.768. The summed E-state index contributed by atoms with van der Waals surface area (Å²) in [4.78, 5) is 0. The standard InChI is InChI=1S/C13H19N/c1-10-3-5-12(6-4-10)11(2)9-14-13-7-8-13/h3-6,11,13-14H,7-9H2,1-2H3. The Kier molecular flexibility index (Phi) is 2.87. The van der Waals surface area contributed by atoms with E-state index in [4.69, 9.17) is 0 Å². The smallest absolute Gasteiger partial charge is 0.00684 e. The van der Waals surface area contributed by atoms with E-state index in [1.807, 2.05) is 0 Å². The molecule has 0 bridgehead atoms. The van der Waals surface area contributed by atoms with Crippen molar-refractivity contribution in [2.45, 2.75) is 38.6 Å². The SMILES string of the molecule is Cc1ccc(C(C)CNC2CC2)cc1. The number of nitrogens with one attached hydrogen (secondary N) is 1. The first kappa shape index (κ1) is 9.72. The van der Waals surface area contributed by atoms with Crippen LogP contribution in [0.2, 0.25) is 0 Å². The Hall–Kier alpha value is -0.820. The Balaban J connectivity index is 1.88. The van der Waals surface area contributed by atoms with Gasteiger partial charge in [0.2, 0.25) is 0 Å². The first-order chi connectivity index (χ1) is 6.75. The molecule has 1 N–H and O–H groups in total. The molecule has 1 saturated carbocycles. The minimum atomic E-state index is 0.635. The summed E-state index contributed by atoms with van der Waals surface area (Å²) in [6.07, 6.45) is 2.75. The van der Waals surface area contributed by atoms with Crippen LogP contribution in [0.1, 0.15) is 36.8 Å². The number of hydrogen-bond acceptors (Lipinski definition) is 1. The van der Waals surface area contributed by atoms with Crippen LogP contribution in [0.15, 0.2) is 24.3 Å². The molecule has 0 heterocycles. The van der Waals surface area contributed by atoms with Crippen molar-refractivity contribution >= 4 is 0 Å². The molecule has 1 atom stereocenters. The van der Waals surface area contributed by atoms with E-state index < -0.39 is 0 Å². The fraction of sp³-hybridized carbons (Fsp3) is 0.538. The maximum Gasteiger partial charge on any atom is 0.00684 e. The minimum Gasteiger partial charge on any atom is -0.313 e. The highest BCUT2D eigenvalue weighted by atomic mass is 14.9. The van der Waals surface area contributed by atoms with Crippen molar-refractivity contribution in [3.63, 3.8) is 0 Å². The van der Waals surface area contributed by atoms with Gasteiger partial charge in [0.1, 0.15) is 0 Å². The van der Waals surface area contributed by atoms with Crippen LogP contribution in [-0.2, 0) is 0 Å². The maximum atomic E-state index is 3.57. The monoisotopic (exact) mass is 189 g/mol. The summed E-state index contributed by atoms with van der Waals surface area (Å²) in [7, 11) is 0. The lowest BCUT2D eigenvalue weighted by Crippen LogP contribution is -2.21. The summed E-state index contributed by atoms with van der Waals surface area (Å²) in [6, 6.07) is 9.71. The molecule has 0 radical (unpaired) electrons. The van der Waals surface area contributed by atoms with Gasteiger partial charge < -0.3 is 5.32 Å². The van der Waals surface area contributed by atoms with E-state index in [2.05, 4.69) is 43.4 Å². The Morgan fingerprint density at radius 2 is 1.93 bits per heavy atom. The molecule has 0 aromatic heterocycles. The Morgan fingerprint density at radius 1 is 1.29 bits per heavy atom. The van der Waals surface area contributed by atoms with Gasteiger partial charge in [0, 0.05) is 12.6 Å². The second-order valence-corrected chi connectivity index (χ2v) is 4.49. The predicted molar refractivity (Wildman–Crippen MR) is 60.6 cm³/mol. The molecular weight excluding hydrogens is 170 g/mol. The Morgan fingerprint density at radius 3 is 2.50 bits per heavy atom. The number of benzene rings is 1. The van der Waals surface area contributed by atoms with Crippen LogP contribution in [0, 0.1) is 6.92 Å². The average Bonchev–Trinajstić information content (AvgIpc) is 2.99. The van der Waals surface area contributed by atoms with Gasteiger partial charge in [0.15, 0.2) is 0 Å². The molecule has 1 unspecified atom stereocenters. The second kappa shape index (κ2) is 4.14. The molecule has 76 valence electrons. The molecule has 0 amide bonds. The molecule has 1 aliphatic carbocycles. The van der Waals surface area contributed by atoms with Crippen molar-refractivity contribution < 1.29 is 0 Å². The van der Waals surface area contributed by atoms with Crippen molar-refractivity contribution in [1.82, 2.24) is 5.32 Å². The lowest BCUT2D eigenvalue weighted by atomic mass is 10.00. The fourth-order valence-electron chi connectivity index (χ4n) is 1.64. The highest BCUT2D eigenvalue weighted by Gasteiger charge is 2.20. The predicted octanol–water partition coefficient (Wildman–Crippen LogP) is 2.85. The number of hydrogen-bond donors (Lipinski definition) is 1. The second-order valence-electron chi connectivity index (χ2n) is 4.49. The third-order valence-electron chi connectivity index (χ3n) is 2.94. The number of rotatable bonds is 4. The van der Waals surface area contributed by atoms with Gasteiger partial charge in [-0.1, -0.05) is 36.8 Å². The van der Waals surface area contributed by atoms with Crippen LogP contribution in [0.4, 0.5) is 0 Å². The molecule has 1 aliphatic rings.